The monoisotopic (exact) mass is 334 g/mol. The normalized spacial score (nSPS) is 25.8. The molecule has 130 valence electrons. The van der Waals surface area contributed by atoms with Gasteiger partial charge >= 0.3 is 0 Å². The predicted octanol–water partition coefficient (Wildman–Crippen LogP) is 4.23. The van der Waals surface area contributed by atoms with Gasteiger partial charge in [-0.2, -0.15) is 5.10 Å². The fourth-order valence-electron chi connectivity index (χ4n) is 3.80. The van der Waals surface area contributed by atoms with Crippen molar-refractivity contribution in [2.45, 2.75) is 34.1 Å². The number of rotatable bonds is 2. The van der Waals surface area contributed by atoms with Gasteiger partial charge in [-0.05, 0) is 45.8 Å². The van der Waals surface area contributed by atoms with Crippen molar-refractivity contribution in [3.63, 3.8) is 0 Å². The van der Waals surface area contributed by atoms with Crippen LogP contribution >= 0.6 is 0 Å². The Hall–Kier alpha value is -2.62. The quantitative estimate of drug-likeness (QED) is 0.650. The summed E-state index contributed by atoms with van der Waals surface area (Å²) < 4.78 is 0. The standard InChI is InChI=1S/C21H26N4/c1-5-16(3)25-18-12-11-15(2)13-21(18,4)20(23-14-19(25)24-22)17-9-7-6-8-10-17/h5-12H,13-14,22H2,1-4H3/b16-5-,24-19-. The Morgan fingerprint density at radius 1 is 1.28 bits per heavy atom. The van der Waals surface area contributed by atoms with Crippen LogP contribution in [0.3, 0.4) is 0 Å². The van der Waals surface area contributed by atoms with E-state index in [4.69, 9.17) is 10.8 Å². The Morgan fingerprint density at radius 3 is 2.64 bits per heavy atom. The van der Waals surface area contributed by atoms with Crippen LogP contribution in [0.4, 0.5) is 0 Å². The summed E-state index contributed by atoms with van der Waals surface area (Å²) in [5, 5.41) is 4.06. The van der Waals surface area contributed by atoms with Crippen molar-refractivity contribution in [3.8, 4) is 0 Å². The zero-order chi connectivity index (χ0) is 18.0. The zero-order valence-corrected chi connectivity index (χ0v) is 15.5. The largest absolute Gasteiger partial charge is 0.321 e. The highest BCUT2D eigenvalue weighted by Gasteiger charge is 2.43. The Labute approximate surface area is 150 Å². The van der Waals surface area contributed by atoms with Gasteiger partial charge < -0.3 is 10.7 Å². The lowest BCUT2D eigenvalue weighted by Gasteiger charge is -2.40. The molecule has 3 rings (SSSR count). The van der Waals surface area contributed by atoms with Crippen molar-refractivity contribution in [1.82, 2.24) is 4.90 Å². The number of fused-ring (bicyclic) bond motifs is 1. The van der Waals surface area contributed by atoms with Crippen LogP contribution in [0.15, 0.2) is 75.6 Å². The van der Waals surface area contributed by atoms with Crippen molar-refractivity contribution in [2.24, 2.45) is 21.4 Å². The van der Waals surface area contributed by atoms with Crippen LogP contribution in [0.25, 0.3) is 0 Å². The first-order chi connectivity index (χ1) is 12.0. The highest BCUT2D eigenvalue weighted by Crippen LogP contribution is 2.45. The third kappa shape index (κ3) is 2.93. The second-order valence-corrected chi connectivity index (χ2v) is 6.92. The van der Waals surface area contributed by atoms with Gasteiger partial charge in [0.05, 0.1) is 17.7 Å². The Kier molecular flexibility index (Phi) is 4.62. The van der Waals surface area contributed by atoms with Gasteiger partial charge in [-0.15, -0.1) is 0 Å². The minimum absolute atomic E-state index is 0.225. The zero-order valence-electron chi connectivity index (χ0n) is 15.5. The van der Waals surface area contributed by atoms with Crippen LogP contribution in [0.1, 0.15) is 39.7 Å². The molecule has 0 radical (unpaired) electrons. The molecule has 0 amide bonds. The van der Waals surface area contributed by atoms with Gasteiger partial charge in [-0.1, -0.05) is 48.1 Å². The fourth-order valence-corrected chi connectivity index (χ4v) is 3.80. The molecule has 1 atom stereocenters. The Balaban J connectivity index is 2.25. The van der Waals surface area contributed by atoms with E-state index < -0.39 is 0 Å². The average Bonchev–Trinajstić information content (AvgIpc) is 2.74. The van der Waals surface area contributed by atoms with E-state index in [2.05, 4.69) is 73.3 Å². The fraction of sp³-hybridized carbons (Fsp3) is 0.333. The molecule has 1 aromatic rings. The van der Waals surface area contributed by atoms with E-state index >= 15 is 0 Å². The Morgan fingerprint density at radius 2 is 2.00 bits per heavy atom. The van der Waals surface area contributed by atoms with Crippen molar-refractivity contribution >= 4 is 11.5 Å². The second-order valence-electron chi connectivity index (χ2n) is 6.92. The van der Waals surface area contributed by atoms with Crippen LogP contribution in [0.5, 0.6) is 0 Å². The molecule has 0 saturated carbocycles. The van der Waals surface area contributed by atoms with E-state index in [1.165, 1.54) is 11.3 Å². The van der Waals surface area contributed by atoms with Crippen molar-refractivity contribution < 1.29 is 0 Å². The van der Waals surface area contributed by atoms with E-state index in [0.29, 0.717) is 6.54 Å². The predicted molar refractivity (Wildman–Crippen MR) is 105 cm³/mol. The molecule has 1 heterocycles. The third-order valence-electron chi connectivity index (χ3n) is 5.09. The molecule has 2 N–H and O–H groups in total. The number of amidine groups is 1. The highest BCUT2D eigenvalue weighted by atomic mass is 15.3. The number of nitrogens with zero attached hydrogens (tertiary/aromatic N) is 3. The van der Waals surface area contributed by atoms with Crippen LogP contribution < -0.4 is 5.84 Å². The average molecular weight is 334 g/mol. The first kappa shape index (κ1) is 17.2. The van der Waals surface area contributed by atoms with Crippen LogP contribution in [-0.2, 0) is 0 Å². The number of hydrogen-bond acceptors (Lipinski definition) is 3. The molecule has 4 heteroatoms. The van der Waals surface area contributed by atoms with Crippen LogP contribution in [0, 0.1) is 5.41 Å². The topological polar surface area (TPSA) is 54.0 Å². The second kappa shape index (κ2) is 6.71. The first-order valence-electron chi connectivity index (χ1n) is 8.69. The van der Waals surface area contributed by atoms with Gasteiger partial charge in [-0.25, -0.2) is 0 Å². The van der Waals surface area contributed by atoms with Crippen LogP contribution in [-0.4, -0.2) is 23.0 Å². The van der Waals surface area contributed by atoms with E-state index in [9.17, 15) is 0 Å². The summed E-state index contributed by atoms with van der Waals surface area (Å²) in [7, 11) is 0. The molecule has 0 saturated heterocycles. The molecule has 1 aromatic carbocycles. The summed E-state index contributed by atoms with van der Waals surface area (Å²) in [4.78, 5) is 7.14. The molecular formula is C21H26N4. The molecule has 4 nitrogen and oxygen atoms in total. The number of aliphatic imine (C=N–C) groups is 1. The number of hydrogen-bond donors (Lipinski definition) is 1. The van der Waals surface area contributed by atoms with Gasteiger partial charge in [0.2, 0.25) is 0 Å². The maximum absolute atomic E-state index is 5.74. The lowest BCUT2D eigenvalue weighted by atomic mass is 9.71. The van der Waals surface area contributed by atoms with E-state index in [0.717, 1.165) is 29.2 Å². The minimum atomic E-state index is -0.225. The molecule has 1 aliphatic carbocycles. The van der Waals surface area contributed by atoms with E-state index in [1.807, 2.05) is 13.0 Å². The van der Waals surface area contributed by atoms with Gasteiger partial charge in [0.1, 0.15) is 0 Å². The first-order valence-corrected chi connectivity index (χ1v) is 8.69. The number of benzene rings is 1. The van der Waals surface area contributed by atoms with E-state index in [1.54, 1.807) is 0 Å². The van der Waals surface area contributed by atoms with Gasteiger partial charge in [0.25, 0.3) is 0 Å². The molecule has 25 heavy (non-hydrogen) atoms. The molecule has 0 fully saturated rings. The summed E-state index contributed by atoms with van der Waals surface area (Å²) in [6, 6.07) is 10.4. The van der Waals surface area contributed by atoms with Crippen LogP contribution in [0.2, 0.25) is 0 Å². The summed E-state index contributed by atoms with van der Waals surface area (Å²) in [6.07, 6.45) is 7.40. The Bertz CT molecular complexity index is 812. The lowest BCUT2D eigenvalue weighted by Crippen LogP contribution is -2.41. The molecule has 1 unspecified atom stereocenters. The highest BCUT2D eigenvalue weighted by molar-refractivity contribution is 6.09. The van der Waals surface area contributed by atoms with Gasteiger partial charge in [0.15, 0.2) is 5.84 Å². The molecule has 0 spiro atoms. The number of allylic oxidation sites excluding steroid dienone is 6. The molecule has 0 aromatic heterocycles. The molecule has 0 bridgehead atoms. The molecule has 2 aliphatic rings. The smallest absolute Gasteiger partial charge is 0.154 e. The van der Waals surface area contributed by atoms with Gasteiger partial charge in [0, 0.05) is 11.4 Å². The minimum Gasteiger partial charge on any atom is -0.321 e. The summed E-state index contributed by atoms with van der Waals surface area (Å²) in [5.74, 6) is 6.51. The van der Waals surface area contributed by atoms with Crippen molar-refractivity contribution in [2.75, 3.05) is 6.54 Å². The number of hydrazone groups is 1. The SMILES string of the molecule is C/C=C(/C)N1C2=CC=C(C)CC2(C)C(c2ccccc2)=NC/C1=N/N. The summed E-state index contributed by atoms with van der Waals surface area (Å²) in [6.45, 7) is 9.05. The lowest BCUT2D eigenvalue weighted by molar-refractivity contribution is 0.432. The third-order valence-corrected chi connectivity index (χ3v) is 5.09. The van der Waals surface area contributed by atoms with Crippen molar-refractivity contribution in [1.29, 1.82) is 0 Å². The maximum Gasteiger partial charge on any atom is 0.154 e. The molecular weight excluding hydrogens is 308 g/mol. The van der Waals surface area contributed by atoms with E-state index in [-0.39, 0.29) is 5.41 Å². The summed E-state index contributed by atoms with van der Waals surface area (Å²) >= 11 is 0. The summed E-state index contributed by atoms with van der Waals surface area (Å²) in [5.41, 5.74) is 5.66. The molecule has 1 aliphatic heterocycles. The maximum atomic E-state index is 5.74. The van der Waals surface area contributed by atoms with Gasteiger partial charge in [-0.3, -0.25) is 4.99 Å². The van der Waals surface area contributed by atoms with Crippen molar-refractivity contribution in [3.05, 3.63) is 71.1 Å². The number of nitrogens with two attached hydrogens (primary N) is 1.